The molecule has 110 valence electrons. The van der Waals surface area contributed by atoms with Crippen LogP contribution in [-0.2, 0) is 4.79 Å². The average Bonchev–Trinajstić information content (AvgIpc) is 3.14. The maximum absolute atomic E-state index is 12.3. The molecule has 3 rings (SSSR count). The van der Waals surface area contributed by atoms with E-state index in [4.69, 9.17) is 0 Å². The van der Waals surface area contributed by atoms with Crippen LogP contribution in [0.3, 0.4) is 0 Å². The molecule has 1 spiro atoms. The fourth-order valence-corrected chi connectivity index (χ4v) is 3.51. The smallest absolute Gasteiger partial charge is 0.228 e. The number of thioether (sulfide) groups is 1. The third kappa shape index (κ3) is 3.13. The summed E-state index contributed by atoms with van der Waals surface area (Å²) in [5, 5.41) is 6.43. The van der Waals surface area contributed by atoms with Gasteiger partial charge in [-0.2, -0.15) is 0 Å². The van der Waals surface area contributed by atoms with Crippen LogP contribution in [0.25, 0.3) is 0 Å². The van der Waals surface area contributed by atoms with Crippen LogP contribution in [0.5, 0.6) is 0 Å². The number of carbonyl (C=O) groups excluding carboxylic acids is 1. The number of halogens is 1. The molecule has 0 aromatic heterocycles. The lowest BCUT2D eigenvalue weighted by Crippen LogP contribution is -2.31. The molecule has 1 saturated carbocycles. The molecule has 1 unspecified atom stereocenters. The summed E-state index contributed by atoms with van der Waals surface area (Å²) in [4.78, 5) is 13.5. The maximum Gasteiger partial charge on any atom is 0.228 e. The highest BCUT2D eigenvalue weighted by molar-refractivity contribution is 7.98. The third-order valence-electron chi connectivity index (χ3n) is 4.46. The topological polar surface area (TPSA) is 41.1 Å². The van der Waals surface area contributed by atoms with Crippen LogP contribution in [0.2, 0.25) is 0 Å². The number of piperidine rings is 1. The molecule has 0 radical (unpaired) electrons. The molecule has 3 nitrogen and oxygen atoms in total. The Labute approximate surface area is 130 Å². The van der Waals surface area contributed by atoms with Crippen molar-refractivity contribution in [2.24, 2.45) is 11.3 Å². The summed E-state index contributed by atoms with van der Waals surface area (Å²) < 4.78 is 0. The van der Waals surface area contributed by atoms with Crippen molar-refractivity contribution in [2.75, 3.05) is 24.7 Å². The van der Waals surface area contributed by atoms with E-state index >= 15 is 0 Å². The Kier molecular flexibility index (Phi) is 4.99. The quantitative estimate of drug-likeness (QED) is 0.842. The number of hydrogen-bond donors (Lipinski definition) is 2. The van der Waals surface area contributed by atoms with Gasteiger partial charge in [-0.1, -0.05) is 0 Å². The van der Waals surface area contributed by atoms with E-state index in [0.29, 0.717) is 5.41 Å². The first-order valence-corrected chi connectivity index (χ1v) is 8.12. The second kappa shape index (κ2) is 6.37. The first kappa shape index (κ1) is 15.7. The van der Waals surface area contributed by atoms with Gasteiger partial charge in [-0.25, -0.2) is 0 Å². The number of benzene rings is 1. The Morgan fingerprint density at radius 2 is 1.95 bits per heavy atom. The highest BCUT2D eigenvalue weighted by Crippen LogP contribution is 2.58. The van der Waals surface area contributed by atoms with Crippen LogP contribution in [-0.4, -0.2) is 25.3 Å². The number of anilines is 1. The lowest BCUT2D eigenvalue weighted by Gasteiger charge is -2.23. The molecule has 1 atom stereocenters. The summed E-state index contributed by atoms with van der Waals surface area (Å²) in [5.74, 6) is 0.439. The number of carbonyl (C=O) groups is 1. The van der Waals surface area contributed by atoms with Gasteiger partial charge in [-0.15, -0.1) is 24.2 Å². The van der Waals surface area contributed by atoms with Crippen molar-refractivity contribution in [3.63, 3.8) is 0 Å². The van der Waals surface area contributed by atoms with Crippen molar-refractivity contribution < 1.29 is 4.79 Å². The molecule has 2 fully saturated rings. The summed E-state index contributed by atoms with van der Waals surface area (Å²) in [6.07, 6.45) is 5.43. The van der Waals surface area contributed by atoms with Crippen LogP contribution in [0.1, 0.15) is 19.3 Å². The van der Waals surface area contributed by atoms with Gasteiger partial charge in [0.25, 0.3) is 0 Å². The number of nitrogens with one attached hydrogen (secondary N) is 2. The molecule has 20 heavy (non-hydrogen) atoms. The molecule has 2 N–H and O–H groups in total. The highest BCUT2D eigenvalue weighted by Gasteiger charge is 2.57. The fraction of sp³-hybridized carbons (Fsp3) is 0.533. The van der Waals surface area contributed by atoms with E-state index in [-0.39, 0.29) is 24.2 Å². The van der Waals surface area contributed by atoms with E-state index in [1.54, 1.807) is 11.8 Å². The van der Waals surface area contributed by atoms with E-state index in [1.807, 2.05) is 24.3 Å². The van der Waals surface area contributed by atoms with Gasteiger partial charge in [0, 0.05) is 16.5 Å². The SMILES string of the molecule is CSc1ccc(NC(=O)C2CC23CCNCC3)cc1.Cl. The van der Waals surface area contributed by atoms with Crippen LogP contribution in [0, 0.1) is 11.3 Å². The predicted molar refractivity (Wildman–Crippen MR) is 86.7 cm³/mol. The lowest BCUT2D eigenvalue weighted by atomic mass is 9.92. The van der Waals surface area contributed by atoms with Crippen molar-refractivity contribution >= 4 is 35.8 Å². The molecule has 1 aliphatic carbocycles. The Hall–Kier alpha value is -0.710. The van der Waals surface area contributed by atoms with Gasteiger partial charge >= 0.3 is 0 Å². The monoisotopic (exact) mass is 312 g/mol. The molecule has 1 aliphatic heterocycles. The van der Waals surface area contributed by atoms with E-state index in [9.17, 15) is 4.79 Å². The minimum absolute atomic E-state index is 0. The first-order chi connectivity index (χ1) is 9.23. The Bertz CT molecular complexity index is 471. The maximum atomic E-state index is 12.3. The van der Waals surface area contributed by atoms with Gasteiger partial charge in [-0.3, -0.25) is 4.79 Å². The van der Waals surface area contributed by atoms with E-state index in [2.05, 4.69) is 16.9 Å². The molecule has 5 heteroatoms. The number of rotatable bonds is 3. The lowest BCUT2D eigenvalue weighted by molar-refractivity contribution is -0.118. The van der Waals surface area contributed by atoms with Crippen LogP contribution in [0.4, 0.5) is 5.69 Å². The van der Waals surface area contributed by atoms with Gasteiger partial charge < -0.3 is 10.6 Å². The fourth-order valence-electron chi connectivity index (χ4n) is 3.10. The largest absolute Gasteiger partial charge is 0.326 e. The molecule has 2 aliphatic rings. The first-order valence-electron chi connectivity index (χ1n) is 6.89. The summed E-state index contributed by atoms with van der Waals surface area (Å²) in [7, 11) is 0. The summed E-state index contributed by atoms with van der Waals surface area (Å²) in [6.45, 7) is 2.12. The van der Waals surface area contributed by atoms with E-state index in [1.165, 1.54) is 4.90 Å². The molecule has 1 saturated heterocycles. The Morgan fingerprint density at radius 3 is 2.55 bits per heavy atom. The van der Waals surface area contributed by atoms with Gasteiger partial charge in [0.15, 0.2) is 0 Å². The Morgan fingerprint density at radius 1 is 1.30 bits per heavy atom. The predicted octanol–water partition coefficient (Wildman–Crippen LogP) is 3.16. The van der Waals surface area contributed by atoms with Crippen molar-refractivity contribution in [2.45, 2.75) is 24.2 Å². The molecule has 1 heterocycles. The van der Waals surface area contributed by atoms with Crippen LogP contribution in [0.15, 0.2) is 29.2 Å². The standard InChI is InChI=1S/C15H20N2OS.ClH/c1-19-12-4-2-11(3-5-12)17-14(18)13-10-15(13)6-8-16-9-7-15;/h2-5,13,16H,6-10H2,1H3,(H,17,18);1H. The zero-order valence-electron chi connectivity index (χ0n) is 11.6. The van der Waals surface area contributed by atoms with Crippen molar-refractivity contribution in [1.29, 1.82) is 0 Å². The summed E-state index contributed by atoms with van der Waals surface area (Å²) in [5.41, 5.74) is 1.23. The van der Waals surface area contributed by atoms with Gasteiger partial charge in [-0.05, 0) is 68.3 Å². The van der Waals surface area contributed by atoms with Crippen LogP contribution < -0.4 is 10.6 Å². The average molecular weight is 313 g/mol. The zero-order valence-corrected chi connectivity index (χ0v) is 13.3. The van der Waals surface area contributed by atoms with Crippen LogP contribution >= 0.6 is 24.2 Å². The minimum atomic E-state index is 0. The Balaban J connectivity index is 0.00000147. The van der Waals surface area contributed by atoms with Crippen molar-refractivity contribution in [3.05, 3.63) is 24.3 Å². The van der Waals surface area contributed by atoms with Gasteiger partial charge in [0.05, 0.1) is 0 Å². The minimum Gasteiger partial charge on any atom is -0.326 e. The number of amides is 1. The normalized spacial score (nSPS) is 22.9. The molecule has 1 aromatic carbocycles. The second-order valence-electron chi connectivity index (χ2n) is 5.59. The summed E-state index contributed by atoms with van der Waals surface area (Å²) >= 11 is 1.71. The van der Waals surface area contributed by atoms with E-state index in [0.717, 1.165) is 38.0 Å². The molecule has 1 aromatic rings. The molecule has 0 bridgehead atoms. The third-order valence-corrected chi connectivity index (χ3v) is 5.21. The second-order valence-corrected chi connectivity index (χ2v) is 6.47. The van der Waals surface area contributed by atoms with E-state index < -0.39 is 0 Å². The highest BCUT2D eigenvalue weighted by atomic mass is 35.5. The molecule has 1 amide bonds. The zero-order chi connectivity index (χ0) is 13.3. The molecular formula is C15H21ClN2OS. The van der Waals surface area contributed by atoms with Gasteiger partial charge in [0.2, 0.25) is 5.91 Å². The number of hydrogen-bond acceptors (Lipinski definition) is 3. The van der Waals surface area contributed by atoms with Gasteiger partial charge in [0.1, 0.15) is 0 Å². The van der Waals surface area contributed by atoms with Crippen molar-refractivity contribution in [1.82, 2.24) is 5.32 Å². The van der Waals surface area contributed by atoms with Crippen molar-refractivity contribution in [3.8, 4) is 0 Å². The molecular weight excluding hydrogens is 292 g/mol. The summed E-state index contributed by atoms with van der Waals surface area (Å²) in [6, 6.07) is 8.07.